The van der Waals surface area contributed by atoms with Crippen LogP contribution in [-0.4, -0.2) is 48.0 Å². The summed E-state index contributed by atoms with van der Waals surface area (Å²) >= 11 is 6.28. The van der Waals surface area contributed by atoms with Crippen LogP contribution in [0, 0.1) is 12.7 Å². The van der Waals surface area contributed by atoms with Gasteiger partial charge >= 0.3 is 0 Å². The van der Waals surface area contributed by atoms with E-state index < -0.39 is 5.82 Å². The number of anilines is 3. The first kappa shape index (κ1) is 27.3. The minimum atomic E-state index is -0.591. The Balaban J connectivity index is 1.55. The molecule has 38 heavy (non-hydrogen) atoms. The zero-order chi connectivity index (χ0) is 27.2. The minimum Gasteiger partial charge on any atom is -0.495 e. The van der Waals surface area contributed by atoms with Gasteiger partial charge < -0.3 is 25.0 Å². The van der Waals surface area contributed by atoms with Crippen molar-refractivity contribution >= 4 is 34.8 Å². The molecule has 0 radical (unpaired) electrons. The number of benzene rings is 2. The van der Waals surface area contributed by atoms with Crippen molar-refractivity contribution in [1.82, 2.24) is 14.9 Å². The van der Waals surface area contributed by atoms with Crippen molar-refractivity contribution in [1.29, 1.82) is 0 Å². The van der Waals surface area contributed by atoms with E-state index in [1.165, 1.54) is 36.0 Å². The Hall–Kier alpha value is -3.69. The van der Waals surface area contributed by atoms with Gasteiger partial charge in [-0.2, -0.15) is 4.98 Å². The van der Waals surface area contributed by atoms with E-state index in [0.717, 1.165) is 31.5 Å². The third-order valence-corrected chi connectivity index (χ3v) is 6.64. The van der Waals surface area contributed by atoms with Crippen LogP contribution in [0.2, 0.25) is 5.02 Å². The average Bonchev–Trinajstić information content (AvgIpc) is 2.87. The number of amides is 1. The van der Waals surface area contributed by atoms with Crippen LogP contribution in [-0.2, 0) is 4.79 Å². The maximum Gasteiger partial charge on any atom is 0.248 e. The van der Waals surface area contributed by atoms with Crippen LogP contribution in [0.15, 0.2) is 48.7 Å². The molecule has 10 heteroatoms. The maximum atomic E-state index is 14.2. The van der Waals surface area contributed by atoms with Crippen molar-refractivity contribution in [3.8, 4) is 17.4 Å². The summed E-state index contributed by atoms with van der Waals surface area (Å²) in [6.07, 6.45) is 6.53. The summed E-state index contributed by atoms with van der Waals surface area (Å²) in [6, 6.07) is 7.94. The number of piperidine rings is 1. The molecule has 2 heterocycles. The lowest BCUT2D eigenvalue weighted by atomic mass is 9.86. The third-order valence-electron chi connectivity index (χ3n) is 6.38. The molecular formula is C28H31ClFN5O3. The number of hydrogen-bond acceptors (Lipinski definition) is 7. The number of aromatic nitrogens is 2. The van der Waals surface area contributed by atoms with Crippen molar-refractivity contribution in [2.24, 2.45) is 0 Å². The van der Waals surface area contributed by atoms with E-state index in [4.69, 9.17) is 21.1 Å². The Morgan fingerprint density at radius 2 is 1.97 bits per heavy atom. The number of methoxy groups -OCH3 is 1. The van der Waals surface area contributed by atoms with Crippen molar-refractivity contribution in [2.45, 2.75) is 32.6 Å². The number of allylic oxidation sites excluding steroid dienone is 1. The first-order valence-corrected chi connectivity index (χ1v) is 12.7. The summed E-state index contributed by atoms with van der Waals surface area (Å²) in [5.41, 5.74) is 3.37. The molecule has 1 aromatic heterocycles. The second-order valence-electron chi connectivity index (χ2n) is 9.23. The monoisotopic (exact) mass is 539 g/mol. The molecule has 0 bridgehead atoms. The Kier molecular flexibility index (Phi) is 8.81. The van der Waals surface area contributed by atoms with Crippen LogP contribution >= 0.6 is 11.6 Å². The van der Waals surface area contributed by atoms with Gasteiger partial charge in [0.15, 0.2) is 0 Å². The molecule has 1 aliphatic rings. The van der Waals surface area contributed by atoms with Crippen LogP contribution in [0.25, 0.3) is 0 Å². The topological polar surface area (TPSA) is 88.6 Å². The molecule has 3 aromatic rings. The number of likely N-dealkylation sites (tertiary alicyclic amines) is 1. The standard InChI is InChI=1S/C28H31ClFN5O3/c1-5-6-26(36)32-20-12-19(30)13-21(14-20)38-27-23(29)16-31-28(34-27)33-24-11-17(2)22(15-25(24)37-4)18-7-9-35(3)10-8-18/h5-6,11-16,18H,7-10H2,1-4H3,(H,32,36)(H,31,33,34). The number of aryl methyl sites for hydroxylation is 1. The summed E-state index contributed by atoms with van der Waals surface area (Å²) in [5, 5.41) is 5.90. The molecule has 0 saturated carbocycles. The van der Waals surface area contributed by atoms with E-state index in [-0.39, 0.29) is 34.2 Å². The predicted octanol–water partition coefficient (Wildman–Crippen LogP) is 6.45. The largest absolute Gasteiger partial charge is 0.495 e. The number of halogens is 2. The van der Waals surface area contributed by atoms with Crippen molar-refractivity contribution in [3.63, 3.8) is 0 Å². The van der Waals surface area contributed by atoms with E-state index in [1.807, 2.05) is 6.07 Å². The lowest BCUT2D eigenvalue weighted by molar-refractivity contribution is -0.111. The fraction of sp³-hybridized carbons (Fsp3) is 0.321. The third kappa shape index (κ3) is 6.79. The lowest BCUT2D eigenvalue weighted by Crippen LogP contribution is -2.29. The van der Waals surface area contributed by atoms with Gasteiger partial charge in [-0.1, -0.05) is 17.7 Å². The molecule has 1 amide bonds. The van der Waals surface area contributed by atoms with Gasteiger partial charge in [-0.05, 0) is 88.1 Å². The van der Waals surface area contributed by atoms with Gasteiger partial charge in [-0.25, -0.2) is 9.37 Å². The van der Waals surface area contributed by atoms with E-state index in [0.29, 0.717) is 17.4 Å². The van der Waals surface area contributed by atoms with Crippen LogP contribution in [0.3, 0.4) is 0 Å². The minimum absolute atomic E-state index is 0.0270. The van der Waals surface area contributed by atoms with E-state index in [9.17, 15) is 9.18 Å². The Bertz CT molecular complexity index is 1340. The predicted molar refractivity (Wildman–Crippen MR) is 147 cm³/mol. The first-order chi connectivity index (χ1) is 18.2. The fourth-order valence-corrected chi connectivity index (χ4v) is 4.60. The average molecular weight is 540 g/mol. The van der Waals surface area contributed by atoms with Crippen molar-refractivity contribution < 1.29 is 18.7 Å². The van der Waals surface area contributed by atoms with Gasteiger partial charge in [0.1, 0.15) is 22.3 Å². The second kappa shape index (κ2) is 12.2. The van der Waals surface area contributed by atoms with Gasteiger partial charge in [0.25, 0.3) is 0 Å². The number of nitrogens with one attached hydrogen (secondary N) is 2. The second-order valence-corrected chi connectivity index (χ2v) is 9.63. The zero-order valence-electron chi connectivity index (χ0n) is 21.8. The van der Waals surface area contributed by atoms with Gasteiger partial charge in [-0.3, -0.25) is 4.79 Å². The molecule has 1 fully saturated rings. The SMILES string of the molecule is CC=CC(=O)Nc1cc(F)cc(Oc2nc(Nc3cc(C)c(C4CCN(C)CC4)cc3OC)ncc2Cl)c1. The fourth-order valence-electron chi connectivity index (χ4n) is 4.47. The molecule has 0 aliphatic carbocycles. The molecule has 0 spiro atoms. The molecule has 1 saturated heterocycles. The van der Waals surface area contributed by atoms with Crippen LogP contribution in [0.5, 0.6) is 17.4 Å². The number of ether oxygens (including phenoxy) is 2. The Morgan fingerprint density at radius 3 is 2.68 bits per heavy atom. The van der Waals surface area contributed by atoms with Gasteiger partial charge in [0, 0.05) is 17.8 Å². The van der Waals surface area contributed by atoms with Crippen LogP contribution in [0.4, 0.5) is 21.7 Å². The molecule has 4 rings (SSSR count). The summed E-state index contributed by atoms with van der Waals surface area (Å²) in [4.78, 5) is 22.8. The molecule has 2 N–H and O–H groups in total. The lowest BCUT2D eigenvalue weighted by Gasteiger charge is -2.30. The Morgan fingerprint density at radius 1 is 1.21 bits per heavy atom. The molecule has 0 atom stereocenters. The molecule has 8 nitrogen and oxygen atoms in total. The van der Waals surface area contributed by atoms with Crippen LogP contribution in [0.1, 0.15) is 36.8 Å². The molecule has 0 unspecified atom stereocenters. The zero-order valence-corrected chi connectivity index (χ0v) is 22.6. The number of carbonyl (C=O) groups excluding carboxylic acids is 1. The summed E-state index contributed by atoms with van der Waals surface area (Å²) < 4.78 is 25.7. The molecule has 2 aromatic carbocycles. The van der Waals surface area contributed by atoms with E-state index in [2.05, 4.69) is 45.5 Å². The van der Waals surface area contributed by atoms with Crippen molar-refractivity contribution in [2.75, 3.05) is 37.9 Å². The van der Waals surface area contributed by atoms with E-state index in [1.54, 1.807) is 20.1 Å². The summed E-state index contributed by atoms with van der Waals surface area (Å²) in [5.74, 6) is 0.556. The van der Waals surface area contributed by atoms with Gasteiger partial charge in [-0.15, -0.1) is 0 Å². The Labute approximate surface area is 226 Å². The summed E-state index contributed by atoms with van der Waals surface area (Å²) in [6.45, 7) is 5.95. The number of nitrogens with zero attached hydrogens (tertiary/aromatic N) is 3. The summed E-state index contributed by atoms with van der Waals surface area (Å²) in [7, 11) is 3.78. The number of carbonyl (C=O) groups is 1. The van der Waals surface area contributed by atoms with Gasteiger partial charge in [0.05, 0.1) is 19.0 Å². The van der Waals surface area contributed by atoms with Crippen molar-refractivity contribution in [3.05, 3.63) is 70.6 Å². The smallest absolute Gasteiger partial charge is 0.248 e. The maximum absolute atomic E-state index is 14.2. The normalized spacial score (nSPS) is 14.5. The quantitative estimate of drug-likeness (QED) is 0.318. The van der Waals surface area contributed by atoms with E-state index >= 15 is 0 Å². The highest BCUT2D eigenvalue weighted by molar-refractivity contribution is 6.31. The molecule has 200 valence electrons. The van der Waals surface area contributed by atoms with Gasteiger partial charge in [0.2, 0.25) is 17.7 Å². The number of rotatable bonds is 8. The highest BCUT2D eigenvalue weighted by Crippen LogP contribution is 2.38. The number of hydrogen-bond donors (Lipinski definition) is 2. The van der Waals surface area contributed by atoms with Crippen LogP contribution < -0.4 is 20.1 Å². The molecular weight excluding hydrogens is 509 g/mol. The highest BCUT2D eigenvalue weighted by atomic mass is 35.5. The first-order valence-electron chi connectivity index (χ1n) is 12.3. The molecule has 1 aliphatic heterocycles. The highest BCUT2D eigenvalue weighted by Gasteiger charge is 2.22.